The van der Waals surface area contributed by atoms with Gasteiger partial charge in [0.2, 0.25) is 0 Å². The summed E-state index contributed by atoms with van der Waals surface area (Å²) in [4.78, 5) is 0. The Bertz CT molecular complexity index is 486. The number of halogens is 2. The lowest BCUT2D eigenvalue weighted by molar-refractivity contribution is 0.765. The molecule has 0 bridgehead atoms. The topological polar surface area (TPSA) is 0 Å². The Morgan fingerprint density at radius 2 is 1.56 bits per heavy atom. The highest BCUT2D eigenvalue weighted by Gasteiger charge is 1.99. The first-order chi connectivity index (χ1) is 7.75. The van der Waals surface area contributed by atoms with Gasteiger partial charge in [-0.15, -0.1) is 0 Å². The highest BCUT2D eigenvalue weighted by atomic mass is 35.5. The van der Waals surface area contributed by atoms with Gasteiger partial charge in [-0.3, -0.25) is 0 Å². The standard InChI is InChI=1S/C14H10ClF/c15-13-8-6-12(7-9-13)14(16)10-11-4-2-1-3-5-11/h1-10H/b14-10-. The summed E-state index contributed by atoms with van der Waals surface area (Å²) in [5.74, 6) is -0.261. The number of hydrogen-bond donors (Lipinski definition) is 0. The molecule has 0 N–H and O–H groups in total. The summed E-state index contributed by atoms with van der Waals surface area (Å²) in [6, 6.07) is 16.0. The van der Waals surface area contributed by atoms with E-state index in [-0.39, 0.29) is 5.83 Å². The molecular formula is C14H10ClF. The Balaban J connectivity index is 2.28. The van der Waals surface area contributed by atoms with E-state index in [1.807, 2.05) is 30.3 Å². The molecule has 2 aromatic rings. The fraction of sp³-hybridized carbons (Fsp3) is 0. The zero-order valence-electron chi connectivity index (χ0n) is 8.53. The highest BCUT2D eigenvalue weighted by Crippen LogP contribution is 2.21. The maximum atomic E-state index is 13.8. The second-order valence-electron chi connectivity index (χ2n) is 3.41. The van der Waals surface area contributed by atoms with Crippen molar-refractivity contribution >= 4 is 23.5 Å². The van der Waals surface area contributed by atoms with E-state index >= 15 is 0 Å². The summed E-state index contributed by atoms with van der Waals surface area (Å²) in [6.07, 6.45) is 1.50. The van der Waals surface area contributed by atoms with Gasteiger partial charge in [0.25, 0.3) is 0 Å². The van der Waals surface area contributed by atoms with Crippen LogP contribution in [-0.4, -0.2) is 0 Å². The monoisotopic (exact) mass is 232 g/mol. The first-order valence-electron chi connectivity index (χ1n) is 4.94. The van der Waals surface area contributed by atoms with E-state index in [1.165, 1.54) is 6.08 Å². The van der Waals surface area contributed by atoms with Crippen LogP contribution in [0.4, 0.5) is 4.39 Å². The van der Waals surface area contributed by atoms with E-state index in [9.17, 15) is 4.39 Å². The molecule has 0 radical (unpaired) electrons. The summed E-state index contributed by atoms with van der Waals surface area (Å²) in [6.45, 7) is 0. The quantitative estimate of drug-likeness (QED) is 0.652. The van der Waals surface area contributed by atoms with Gasteiger partial charge in [0.05, 0.1) is 0 Å². The Hall–Kier alpha value is -1.60. The van der Waals surface area contributed by atoms with E-state index in [2.05, 4.69) is 0 Å². The van der Waals surface area contributed by atoms with Crippen LogP contribution in [0.15, 0.2) is 54.6 Å². The van der Waals surface area contributed by atoms with Gasteiger partial charge in [-0.05, 0) is 23.8 Å². The molecule has 0 aliphatic carbocycles. The molecule has 0 fully saturated rings. The average molecular weight is 233 g/mol. The van der Waals surface area contributed by atoms with E-state index in [4.69, 9.17) is 11.6 Å². The number of benzene rings is 2. The van der Waals surface area contributed by atoms with Crippen molar-refractivity contribution in [2.75, 3.05) is 0 Å². The van der Waals surface area contributed by atoms with Crippen LogP contribution in [0, 0.1) is 0 Å². The lowest BCUT2D eigenvalue weighted by atomic mass is 10.1. The molecule has 2 heteroatoms. The summed E-state index contributed by atoms with van der Waals surface area (Å²) in [5, 5.41) is 0.608. The van der Waals surface area contributed by atoms with Crippen molar-refractivity contribution in [3.63, 3.8) is 0 Å². The van der Waals surface area contributed by atoms with Crippen LogP contribution in [0.3, 0.4) is 0 Å². The second kappa shape index (κ2) is 4.95. The Kier molecular flexibility index (Phi) is 3.37. The van der Waals surface area contributed by atoms with Crippen molar-refractivity contribution in [3.8, 4) is 0 Å². The van der Waals surface area contributed by atoms with E-state index in [0.717, 1.165) is 5.56 Å². The summed E-state index contributed by atoms with van der Waals surface area (Å²) < 4.78 is 13.8. The van der Waals surface area contributed by atoms with E-state index < -0.39 is 0 Å². The summed E-state index contributed by atoms with van der Waals surface area (Å²) in [7, 11) is 0. The first kappa shape index (κ1) is 10.9. The smallest absolute Gasteiger partial charge is 0.131 e. The van der Waals surface area contributed by atoms with Gasteiger partial charge >= 0.3 is 0 Å². The van der Waals surface area contributed by atoms with Crippen molar-refractivity contribution in [3.05, 3.63) is 70.7 Å². The molecule has 0 spiro atoms. The molecule has 0 heterocycles. The van der Waals surface area contributed by atoms with Gasteiger partial charge in [0.15, 0.2) is 0 Å². The van der Waals surface area contributed by atoms with Gasteiger partial charge in [0, 0.05) is 10.6 Å². The molecule has 16 heavy (non-hydrogen) atoms. The molecule has 0 aliphatic rings. The Morgan fingerprint density at radius 1 is 0.938 bits per heavy atom. The Labute approximate surface area is 99.0 Å². The first-order valence-corrected chi connectivity index (χ1v) is 5.32. The van der Waals surface area contributed by atoms with Gasteiger partial charge in [-0.2, -0.15) is 0 Å². The molecule has 0 amide bonds. The third-order valence-electron chi connectivity index (χ3n) is 2.21. The molecule has 0 aliphatic heterocycles. The maximum Gasteiger partial charge on any atom is 0.131 e. The summed E-state index contributed by atoms with van der Waals surface area (Å²) in [5.41, 5.74) is 1.38. The third-order valence-corrected chi connectivity index (χ3v) is 2.46. The van der Waals surface area contributed by atoms with Crippen molar-refractivity contribution in [2.45, 2.75) is 0 Å². The van der Waals surface area contributed by atoms with Crippen molar-refractivity contribution < 1.29 is 4.39 Å². The van der Waals surface area contributed by atoms with Crippen molar-refractivity contribution in [2.24, 2.45) is 0 Å². The van der Waals surface area contributed by atoms with Gasteiger partial charge in [-0.1, -0.05) is 54.1 Å². The number of rotatable bonds is 2. The van der Waals surface area contributed by atoms with Crippen LogP contribution < -0.4 is 0 Å². The van der Waals surface area contributed by atoms with Crippen molar-refractivity contribution in [1.82, 2.24) is 0 Å². The minimum absolute atomic E-state index is 0.261. The fourth-order valence-corrected chi connectivity index (χ4v) is 1.51. The summed E-state index contributed by atoms with van der Waals surface area (Å²) >= 11 is 5.73. The fourth-order valence-electron chi connectivity index (χ4n) is 1.39. The molecule has 2 rings (SSSR count). The van der Waals surface area contributed by atoms with Crippen LogP contribution in [0.1, 0.15) is 11.1 Å². The molecular weight excluding hydrogens is 223 g/mol. The molecule has 0 nitrogen and oxygen atoms in total. The van der Waals surface area contributed by atoms with Crippen LogP contribution in [0.5, 0.6) is 0 Å². The van der Waals surface area contributed by atoms with Crippen LogP contribution in [-0.2, 0) is 0 Å². The molecule has 0 aromatic heterocycles. The predicted molar refractivity (Wildman–Crippen MR) is 66.9 cm³/mol. The van der Waals surface area contributed by atoms with Crippen molar-refractivity contribution in [1.29, 1.82) is 0 Å². The minimum Gasteiger partial charge on any atom is -0.206 e. The average Bonchev–Trinajstić information content (AvgIpc) is 2.31. The highest BCUT2D eigenvalue weighted by molar-refractivity contribution is 6.30. The molecule has 0 unspecified atom stereocenters. The van der Waals surface area contributed by atoms with Gasteiger partial charge in [-0.25, -0.2) is 4.39 Å². The van der Waals surface area contributed by atoms with Gasteiger partial charge in [0.1, 0.15) is 5.83 Å². The molecule has 0 saturated heterocycles. The second-order valence-corrected chi connectivity index (χ2v) is 3.85. The SMILES string of the molecule is F/C(=C\c1ccccc1)c1ccc(Cl)cc1. The lowest BCUT2D eigenvalue weighted by Gasteiger charge is -1.98. The lowest BCUT2D eigenvalue weighted by Crippen LogP contribution is -1.78. The van der Waals surface area contributed by atoms with Crippen LogP contribution in [0.25, 0.3) is 11.9 Å². The van der Waals surface area contributed by atoms with E-state index in [1.54, 1.807) is 24.3 Å². The number of hydrogen-bond acceptors (Lipinski definition) is 0. The largest absolute Gasteiger partial charge is 0.206 e. The molecule has 0 atom stereocenters. The van der Waals surface area contributed by atoms with E-state index in [0.29, 0.717) is 10.6 Å². The van der Waals surface area contributed by atoms with Crippen LogP contribution >= 0.6 is 11.6 Å². The molecule has 0 saturated carbocycles. The normalized spacial score (nSPS) is 11.5. The molecule has 80 valence electrons. The van der Waals surface area contributed by atoms with Crippen LogP contribution in [0.2, 0.25) is 5.02 Å². The third kappa shape index (κ3) is 2.71. The predicted octanol–water partition coefficient (Wildman–Crippen LogP) is 4.81. The van der Waals surface area contributed by atoms with Gasteiger partial charge < -0.3 is 0 Å². The zero-order valence-corrected chi connectivity index (χ0v) is 9.29. The molecule has 2 aromatic carbocycles. The minimum atomic E-state index is -0.261. The Morgan fingerprint density at radius 3 is 2.19 bits per heavy atom. The maximum absolute atomic E-state index is 13.8. The zero-order chi connectivity index (χ0) is 11.4.